The number of benzene rings is 1. The highest BCUT2D eigenvalue weighted by Crippen LogP contribution is 2.20. The van der Waals surface area contributed by atoms with Crippen LogP contribution in [0.4, 0.5) is 11.7 Å². The van der Waals surface area contributed by atoms with E-state index < -0.39 is 5.97 Å². The second kappa shape index (κ2) is 5.35. The van der Waals surface area contributed by atoms with Gasteiger partial charge in [-0.3, -0.25) is 4.79 Å². The zero-order chi connectivity index (χ0) is 13.0. The van der Waals surface area contributed by atoms with E-state index >= 15 is 0 Å². The number of rotatable bonds is 5. The number of carboxylic acids is 1. The number of hydrogen-bond donors (Lipinski definition) is 2. The summed E-state index contributed by atoms with van der Waals surface area (Å²) in [5.41, 5.74) is 2.47. The van der Waals surface area contributed by atoms with E-state index in [0.717, 1.165) is 17.7 Å². The summed E-state index contributed by atoms with van der Waals surface area (Å²) in [6, 6.07) is 8.15. The van der Waals surface area contributed by atoms with Gasteiger partial charge in [-0.1, -0.05) is 25.1 Å². The molecule has 1 aromatic heterocycles. The number of carboxylic acid groups (broad SMARTS) is 1. The molecule has 0 bridgehead atoms. The fourth-order valence-electron chi connectivity index (χ4n) is 1.67. The van der Waals surface area contributed by atoms with Gasteiger partial charge in [0.15, 0.2) is 0 Å². The molecule has 0 aliphatic carbocycles. The molecule has 1 aromatic carbocycles. The zero-order valence-corrected chi connectivity index (χ0v) is 10.0. The third-order valence-electron chi connectivity index (χ3n) is 2.52. The topological polar surface area (TPSA) is 75.4 Å². The van der Waals surface area contributed by atoms with Gasteiger partial charge >= 0.3 is 5.97 Å². The van der Waals surface area contributed by atoms with Gasteiger partial charge in [-0.25, -0.2) is 0 Å². The fourth-order valence-corrected chi connectivity index (χ4v) is 1.67. The third-order valence-corrected chi connectivity index (χ3v) is 2.52. The van der Waals surface area contributed by atoms with E-state index in [2.05, 4.69) is 17.2 Å². The number of aromatic nitrogens is 1. The van der Waals surface area contributed by atoms with Crippen LogP contribution in [0.1, 0.15) is 18.2 Å². The zero-order valence-electron chi connectivity index (χ0n) is 10.0. The molecule has 0 amide bonds. The van der Waals surface area contributed by atoms with Crippen molar-refractivity contribution in [3.63, 3.8) is 0 Å². The number of hydrogen-bond acceptors (Lipinski definition) is 4. The molecule has 5 heteroatoms. The fraction of sp³-hybridized carbons (Fsp3) is 0.231. The summed E-state index contributed by atoms with van der Waals surface area (Å²) in [6.45, 7) is 2.06. The highest BCUT2D eigenvalue weighted by Gasteiger charge is 2.08. The van der Waals surface area contributed by atoms with Crippen molar-refractivity contribution in [1.82, 2.24) is 4.98 Å². The molecule has 94 valence electrons. The van der Waals surface area contributed by atoms with Crippen molar-refractivity contribution >= 4 is 17.7 Å². The first kappa shape index (κ1) is 12.2. The standard InChI is InChI=1S/C13H14N2O3/c1-2-9-5-3-4-6-11(9)15-13-14-10(8-18-13)7-12(16)17/h3-6,8H,2,7H2,1H3,(H,14,15)(H,16,17). The molecule has 0 saturated heterocycles. The Kier molecular flexibility index (Phi) is 3.62. The lowest BCUT2D eigenvalue weighted by atomic mass is 10.1. The molecule has 0 atom stereocenters. The lowest BCUT2D eigenvalue weighted by molar-refractivity contribution is -0.136. The van der Waals surface area contributed by atoms with Crippen LogP contribution >= 0.6 is 0 Å². The quantitative estimate of drug-likeness (QED) is 0.848. The van der Waals surface area contributed by atoms with Crippen molar-refractivity contribution in [3.8, 4) is 0 Å². The molecule has 0 fully saturated rings. The summed E-state index contributed by atoms with van der Waals surface area (Å²) in [5, 5.41) is 11.7. The number of aryl methyl sites for hydroxylation is 1. The van der Waals surface area contributed by atoms with Crippen LogP contribution in [0.3, 0.4) is 0 Å². The Hall–Kier alpha value is -2.30. The summed E-state index contributed by atoms with van der Waals surface area (Å²) in [4.78, 5) is 14.6. The van der Waals surface area contributed by atoms with Crippen LogP contribution in [0.5, 0.6) is 0 Å². The molecule has 2 rings (SSSR count). The summed E-state index contributed by atoms with van der Waals surface area (Å²) >= 11 is 0. The van der Waals surface area contributed by atoms with Crippen LogP contribution in [0.15, 0.2) is 34.9 Å². The molecule has 18 heavy (non-hydrogen) atoms. The average Bonchev–Trinajstić information content (AvgIpc) is 2.76. The van der Waals surface area contributed by atoms with Gasteiger partial charge in [0.05, 0.1) is 12.1 Å². The summed E-state index contributed by atoms with van der Waals surface area (Å²) in [6.07, 6.45) is 2.11. The maximum atomic E-state index is 10.5. The molecule has 2 aromatic rings. The molecule has 0 radical (unpaired) electrons. The summed E-state index contributed by atoms with van der Waals surface area (Å²) < 4.78 is 5.18. The second-order valence-electron chi connectivity index (χ2n) is 3.85. The van der Waals surface area contributed by atoms with Crippen molar-refractivity contribution in [2.75, 3.05) is 5.32 Å². The molecule has 0 aliphatic heterocycles. The van der Waals surface area contributed by atoms with Gasteiger partial charge < -0.3 is 14.8 Å². The predicted molar refractivity (Wildman–Crippen MR) is 66.9 cm³/mol. The van der Waals surface area contributed by atoms with Gasteiger partial charge in [0.1, 0.15) is 6.26 Å². The molecular weight excluding hydrogens is 232 g/mol. The number of nitrogens with one attached hydrogen (secondary N) is 1. The lowest BCUT2D eigenvalue weighted by Crippen LogP contribution is -2.00. The molecular formula is C13H14N2O3. The Bertz CT molecular complexity index is 549. The van der Waals surface area contributed by atoms with Gasteiger partial charge in [-0.15, -0.1) is 0 Å². The molecule has 5 nitrogen and oxygen atoms in total. The first-order valence-corrected chi connectivity index (χ1v) is 5.70. The number of carbonyl (C=O) groups is 1. The number of nitrogens with zero attached hydrogens (tertiary/aromatic N) is 1. The largest absolute Gasteiger partial charge is 0.481 e. The number of aliphatic carboxylic acids is 1. The minimum absolute atomic E-state index is 0.138. The normalized spacial score (nSPS) is 10.3. The molecule has 1 heterocycles. The van der Waals surface area contributed by atoms with Crippen molar-refractivity contribution < 1.29 is 14.3 Å². The Morgan fingerprint density at radius 2 is 2.22 bits per heavy atom. The number of anilines is 2. The second-order valence-corrected chi connectivity index (χ2v) is 3.85. The van der Waals surface area contributed by atoms with E-state index in [0.29, 0.717) is 11.7 Å². The molecule has 0 unspecified atom stereocenters. The van der Waals surface area contributed by atoms with Crippen molar-refractivity contribution in [2.24, 2.45) is 0 Å². The minimum atomic E-state index is -0.927. The minimum Gasteiger partial charge on any atom is -0.481 e. The van der Waals surface area contributed by atoms with E-state index in [4.69, 9.17) is 9.52 Å². The maximum Gasteiger partial charge on any atom is 0.309 e. The van der Waals surface area contributed by atoms with Crippen LogP contribution in [-0.2, 0) is 17.6 Å². The van der Waals surface area contributed by atoms with Crippen LogP contribution in [0, 0.1) is 0 Å². The van der Waals surface area contributed by atoms with Gasteiger partial charge in [0.25, 0.3) is 6.01 Å². The Morgan fingerprint density at radius 1 is 1.44 bits per heavy atom. The number of oxazole rings is 1. The van der Waals surface area contributed by atoms with Gasteiger partial charge in [-0.2, -0.15) is 4.98 Å². The van der Waals surface area contributed by atoms with E-state index in [1.165, 1.54) is 6.26 Å². The SMILES string of the molecule is CCc1ccccc1Nc1nc(CC(=O)O)co1. The van der Waals surface area contributed by atoms with Gasteiger partial charge in [-0.05, 0) is 18.1 Å². The molecule has 0 saturated carbocycles. The maximum absolute atomic E-state index is 10.5. The van der Waals surface area contributed by atoms with Crippen LogP contribution < -0.4 is 5.32 Å². The van der Waals surface area contributed by atoms with E-state index in [1.54, 1.807) is 0 Å². The predicted octanol–water partition coefficient (Wildman–Crippen LogP) is 2.61. The molecule has 2 N–H and O–H groups in total. The molecule has 0 spiro atoms. The Labute approximate surface area is 104 Å². The van der Waals surface area contributed by atoms with Crippen LogP contribution in [0.2, 0.25) is 0 Å². The summed E-state index contributed by atoms with van der Waals surface area (Å²) in [7, 11) is 0. The van der Waals surface area contributed by atoms with Crippen molar-refractivity contribution in [2.45, 2.75) is 19.8 Å². The Balaban J connectivity index is 2.13. The van der Waals surface area contributed by atoms with Gasteiger partial charge in [0, 0.05) is 5.69 Å². The van der Waals surface area contributed by atoms with Crippen LogP contribution in [-0.4, -0.2) is 16.1 Å². The van der Waals surface area contributed by atoms with Crippen molar-refractivity contribution in [1.29, 1.82) is 0 Å². The summed E-state index contributed by atoms with van der Waals surface area (Å²) in [5.74, 6) is -0.927. The van der Waals surface area contributed by atoms with Gasteiger partial charge in [0.2, 0.25) is 0 Å². The first-order chi connectivity index (χ1) is 8.69. The number of para-hydroxylation sites is 1. The van der Waals surface area contributed by atoms with Crippen LogP contribution in [0.25, 0.3) is 0 Å². The average molecular weight is 246 g/mol. The third kappa shape index (κ3) is 2.88. The molecule has 0 aliphatic rings. The van der Waals surface area contributed by atoms with E-state index in [-0.39, 0.29) is 6.42 Å². The van der Waals surface area contributed by atoms with E-state index in [1.807, 2.05) is 24.3 Å². The van der Waals surface area contributed by atoms with E-state index in [9.17, 15) is 4.79 Å². The van der Waals surface area contributed by atoms with Crippen molar-refractivity contribution in [3.05, 3.63) is 41.8 Å². The first-order valence-electron chi connectivity index (χ1n) is 5.70. The highest BCUT2D eigenvalue weighted by atomic mass is 16.4. The smallest absolute Gasteiger partial charge is 0.309 e. The highest BCUT2D eigenvalue weighted by molar-refractivity contribution is 5.69. The monoisotopic (exact) mass is 246 g/mol. The Morgan fingerprint density at radius 3 is 2.94 bits per heavy atom. The lowest BCUT2D eigenvalue weighted by Gasteiger charge is -2.06.